The molecule has 0 aliphatic carbocycles. The molecule has 136 valence electrons. The number of amides is 1. The minimum absolute atomic E-state index is 0.0000736. The highest BCUT2D eigenvalue weighted by atomic mass is 16.6. The summed E-state index contributed by atoms with van der Waals surface area (Å²) in [6.45, 7) is 2.41. The van der Waals surface area contributed by atoms with Gasteiger partial charge >= 0.3 is 12.1 Å². The average Bonchev–Trinajstić information content (AvgIpc) is 2.89. The summed E-state index contributed by atoms with van der Waals surface area (Å²) in [4.78, 5) is 25.8. The fraction of sp³-hybridized carbons (Fsp3) is 0.579. The van der Waals surface area contributed by atoms with E-state index in [1.165, 1.54) is 0 Å². The normalized spacial score (nSPS) is 24.8. The minimum atomic E-state index is -0.334. The summed E-state index contributed by atoms with van der Waals surface area (Å²) in [7, 11) is 0. The van der Waals surface area contributed by atoms with Crippen LogP contribution in [-0.2, 0) is 25.6 Å². The van der Waals surface area contributed by atoms with Crippen molar-refractivity contribution in [1.82, 2.24) is 4.90 Å². The molecule has 1 amide bonds. The molecule has 2 heterocycles. The van der Waals surface area contributed by atoms with Crippen LogP contribution < -0.4 is 0 Å². The second kappa shape index (κ2) is 8.34. The van der Waals surface area contributed by atoms with Crippen molar-refractivity contribution in [3.05, 3.63) is 35.9 Å². The first-order chi connectivity index (χ1) is 12.2. The van der Waals surface area contributed by atoms with E-state index in [-0.39, 0.29) is 36.9 Å². The maximum Gasteiger partial charge on any atom is 0.410 e. The predicted molar refractivity (Wildman–Crippen MR) is 90.9 cm³/mol. The smallest absolute Gasteiger partial charge is 0.410 e. The van der Waals surface area contributed by atoms with Crippen molar-refractivity contribution in [1.29, 1.82) is 0 Å². The largest absolute Gasteiger partial charge is 0.464 e. The Hall–Kier alpha value is -2.08. The molecule has 0 saturated carbocycles. The Kier molecular flexibility index (Phi) is 5.91. The molecule has 3 atom stereocenters. The number of fused-ring (bicyclic) bond motifs is 2. The van der Waals surface area contributed by atoms with E-state index >= 15 is 0 Å². The van der Waals surface area contributed by atoms with E-state index in [2.05, 4.69) is 0 Å². The van der Waals surface area contributed by atoms with Crippen LogP contribution in [0.4, 0.5) is 4.79 Å². The Balaban J connectivity index is 1.48. The molecular formula is C19H25NO5. The number of hydrogen-bond donors (Lipinski definition) is 0. The topological polar surface area (TPSA) is 65.1 Å². The number of carbonyl (C=O) groups excluding carboxylic acids is 2. The Morgan fingerprint density at radius 2 is 1.76 bits per heavy atom. The summed E-state index contributed by atoms with van der Waals surface area (Å²) in [6, 6.07) is 9.95. The second-order valence-electron chi connectivity index (χ2n) is 6.54. The number of esters is 1. The van der Waals surface area contributed by atoms with Crippen molar-refractivity contribution in [2.45, 2.75) is 57.4 Å². The summed E-state index contributed by atoms with van der Waals surface area (Å²) in [5, 5.41) is 0. The first kappa shape index (κ1) is 17.7. The fourth-order valence-electron chi connectivity index (χ4n) is 3.74. The molecule has 0 spiro atoms. The second-order valence-corrected chi connectivity index (χ2v) is 6.54. The molecule has 1 aromatic rings. The van der Waals surface area contributed by atoms with Crippen LogP contribution in [0, 0.1) is 0 Å². The zero-order chi connectivity index (χ0) is 17.6. The van der Waals surface area contributed by atoms with Gasteiger partial charge in [-0.3, -0.25) is 0 Å². The summed E-state index contributed by atoms with van der Waals surface area (Å²) < 4.78 is 16.1. The van der Waals surface area contributed by atoms with E-state index in [1.54, 1.807) is 6.92 Å². The molecule has 2 aliphatic rings. The number of nitrogens with zero attached hydrogens (tertiary/aromatic N) is 1. The van der Waals surface area contributed by atoms with Gasteiger partial charge in [-0.1, -0.05) is 30.3 Å². The molecule has 2 saturated heterocycles. The summed E-state index contributed by atoms with van der Waals surface area (Å²) in [6.07, 6.45) is 3.17. The van der Waals surface area contributed by atoms with Crippen LogP contribution in [0.25, 0.3) is 0 Å². The van der Waals surface area contributed by atoms with E-state index in [4.69, 9.17) is 14.2 Å². The van der Waals surface area contributed by atoms with Crippen molar-refractivity contribution < 1.29 is 23.8 Å². The Morgan fingerprint density at radius 1 is 1.08 bits per heavy atom. The molecule has 25 heavy (non-hydrogen) atoms. The van der Waals surface area contributed by atoms with E-state index in [1.807, 2.05) is 35.2 Å². The van der Waals surface area contributed by atoms with Gasteiger partial charge in [0.25, 0.3) is 0 Å². The average molecular weight is 347 g/mol. The fourth-order valence-corrected chi connectivity index (χ4v) is 3.74. The zero-order valence-corrected chi connectivity index (χ0v) is 14.6. The first-order valence-corrected chi connectivity index (χ1v) is 8.93. The molecule has 0 unspecified atom stereocenters. The van der Waals surface area contributed by atoms with Gasteiger partial charge in [-0.05, 0) is 38.2 Å². The Bertz CT molecular complexity index is 577. The number of piperidine rings is 1. The van der Waals surface area contributed by atoms with Gasteiger partial charge in [-0.25, -0.2) is 9.59 Å². The van der Waals surface area contributed by atoms with Crippen LogP contribution in [0.2, 0.25) is 0 Å². The van der Waals surface area contributed by atoms with E-state index < -0.39 is 0 Å². The van der Waals surface area contributed by atoms with Gasteiger partial charge in [0.15, 0.2) is 0 Å². The highest BCUT2D eigenvalue weighted by Gasteiger charge is 2.44. The number of rotatable bonds is 6. The molecule has 2 fully saturated rings. The summed E-state index contributed by atoms with van der Waals surface area (Å²) >= 11 is 0. The third-order valence-electron chi connectivity index (χ3n) is 4.85. The van der Waals surface area contributed by atoms with Gasteiger partial charge in [0, 0.05) is 12.1 Å². The van der Waals surface area contributed by atoms with Gasteiger partial charge in [0.2, 0.25) is 0 Å². The predicted octanol–water partition coefficient (Wildman–Crippen LogP) is 2.90. The van der Waals surface area contributed by atoms with Gasteiger partial charge in [-0.15, -0.1) is 0 Å². The summed E-state index contributed by atoms with van der Waals surface area (Å²) in [5.41, 5.74) is 0.982. The monoisotopic (exact) mass is 347 g/mol. The molecule has 6 nitrogen and oxygen atoms in total. The van der Waals surface area contributed by atoms with Crippen molar-refractivity contribution >= 4 is 12.1 Å². The number of hydrogen-bond acceptors (Lipinski definition) is 5. The molecule has 3 rings (SSSR count). The van der Waals surface area contributed by atoms with Crippen molar-refractivity contribution in [2.24, 2.45) is 0 Å². The Labute approximate surface area is 148 Å². The maximum atomic E-state index is 12.5. The lowest BCUT2D eigenvalue weighted by atomic mass is 10.0. The molecule has 0 aromatic heterocycles. The van der Waals surface area contributed by atoms with Crippen molar-refractivity contribution in [3.8, 4) is 0 Å². The van der Waals surface area contributed by atoms with E-state index in [0.717, 1.165) is 31.2 Å². The van der Waals surface area contributed by atoms with Crippen LogP contribution >= 0.6 is 0 Å². The van der Waals surface area contributed by atoms with Crippen LogP contribution in [0.15, 0.2) is 30.3 Å². The van der Waals surface area contributed by atoms with Gasteiger partial charge < -0.3 is 19.1 Å². The lowest BCUT2D eigenvalue weighted by Crippen LogP contribution is -2.49. The third-order valence-corrected chi connectivity index (χ3v) is 4.85. The molecular weight excluding hydrogens is 322 g/mol. The van der Waals surface area contributed by atoms with Crippen LogP contribution in [0.5, 0.6) is 0 Å². The standard InChI is InChI=1S/C19H25NO5/c1-2-23-18(21)13-24-17-10-15-8-9-16(11-17)20(15)19(22)25-12-14-6-4-3-5-7-14/h3-7,15-17H,2,8-13H2,1H3/t15-,16+,17+. The molecule has 6 heteroatoms. The molecule has 2 bridgehead atoms. The van der Waals surface area contributed by atoms with Crippen LogP contribution in [-0.4, -0.2) is 48.4 Å². The lowest BCUT2D eigenvalue weighted by Gasteiger charge is -2.37. The van der Waals surface area contributed by atoms with Crippen molar-refractivity contribution in [2.75, 3.05) is 13.2 Å². The maximum absolute atomic E-state index is 12.5. The molecule has 0 N–H and O–H groups in total. The third kappa shape index (κ3) is 4.51. The van der Waals surface area contributed by atoms with E-state index in [9.17, 15) is 9.59 Å². The zero-order valence-electron chi connectivity index (χ0n) is 14.6. The minimum Gasteiger partial charge on any atom is -0.464 e. The molecule has 1 aromatic carbocycles. The SMILES string of the molecule is CCOC(=O)CO[C@H]1C[C@H]2CC[C@@H](C1)N2C(=O)OCc1ccccc1. The molecule has 2 aliphatic heterocycles. The van der Waals surface area contributed by atoms with Crippen LogP contribution in [0.1, 0.15) is 38.2 Å². The molecule has 0 radical (unpaired) electrons. The quantitative estimate of drug-likeness (QED) is 0.740. The lowest BCUT2D eigenvalue weighted by molar-refractivity contribution is -0.152. The highest BCUT2D eigenvalue weighted by molar-refractivity contribution is 5.70. The van der Waals surface area contributed by atoms with Gasteiger partial charge in [0.1, 0.15) is 13.2 Å². The van der Waals surface area contributed by atoms with E-state index in [0.29, 0.717) is 13.2 Å². The number of benzene rings is 1. The van der Waals surface area contributed by atoms with Crippen molar-refractivity contribution in [3.63, 3.8) is 0 Å². The first-order valence-electron chi connectivity index (χ1n) is 8.93. The van der Waals surface area contributed by atoms with Crippen LogP contribution in [0.3, 0.4) is 0 Å². The summed E-state index contributed by atoms with van der Waals surface area (Å²) in [5.74, 6) is -0.334. The van der Waals surface area contributed by atoms with Gasteiger partial charge in [-0.2, -0.15) is 0 Å². The Morgan fingerprint density at radius 3 is 2.40 bits per heavy atom. The number of ether oxygens (including phenoxy) is 3. The van der Waals surface area contributed by atoms with Gasteiger partial charge in [0.05, 0.1) is 12.7 Å². The highest BCUT2D eigenvalue weighted by Crippen LogP contribution is 2.37. The number of carbonyl (C=O) groups is 2.